The fraction of sp³-hybridized carbons (Fsp3) is 0.478. The van der Waals surface area contributed by atoms with E-state index in [1.165, 1.54) is 10.4 Å². The zero-order valence-electron chi connectivity index (χ0n) is 17.1. The number of carbonyl (C=O) groups is 2. The Morgan fingerprint density at radius 3 is 2.64 bits per heavy atom. The van der Waals surface area contributed by atoms with Gasteiger partial charge in [-0.1, -0.05) is 51.1 Å². The third-order valence-electron chi connectivity index (χ3n) is 5.13. The Bertz CT molecular complexity index is 800. The molecule has 2 aromatic rings. The summed E-state index contributed by atoms with van der Waals surface area (Å²) in [6.07, 6.45) is 2.18. The lowest BCUT2D eigenvalue weighted by molar-refractivity contribution is -0.142. The molecular formula is C23H30N2O2S. The molecule has 28 heavy (non-hydrogen) atoms. The molecule has 0 aliphatic carbocycles. The SMILES string of the molecule is CCCC(=O)N(CC(=O)N1CCc2sccc2C1c1ccccc1)CC(C)C. The first-order chi connectivity index (χ1) is 13.5. The van der Waals surface area contributed by atoms with Gasteiger partial charge in [0.2, 0.25) is 11.8 Å². The molecule has 4 nitrogen and oxygen atoms in total. The van der Waals surface area contributed by atoms with Crippen LogP contribution in [0.2, 0.25) is 0 Å². The van der Waals surface area contributed by atoms with Crippen LogP contribution in [0.1, 0.15) is 55.7 Å². The number of benzene rings is 1. The molecule has 0 fully saturated rings. The van der Waals surface area contributed by atoms with Gasteiger partial charge in [-0.25, -0.2) is 0 Å². The Morgan fingerprint density at radius 1 is 1.21 bits per heavy atom. The van der Waals surface area contributed by atoms with Crippen molar-refractivity contribution in [2.45, 2.75) is 46.1 Å². The summed E-state index contributed by atoms with van der Waals surface area (Å²) in [4.78, 5) is 31.0. The molecule has 0 spiro atoms. The summed E-state index contributed by atoms with van der Waals surface area (Å²) in [6.45, 7) is 7.66. The number of rotatable bonds is 7. The monoisotopic (exact) mass is 398 g/mol. The summed E-state index contributed by atoms with van der Waals surface area (Å²) >= 11 is 1.77. The smallest absolute Gasteiger partial charge is 0.242 e. The Balaban J connectivity index is 1.85. The van der Waals surface area contributed by atoms with E-state index in [1.807, 2.05) is 30.0 Å². The summed E-state index contributed by atoms with van der Waals surface area (Å²) < 4.78 is 0. The van der Waals surface area contributed by atoms with Crippen molar-refractivity contribution in [3.8, 4) is 0 Å². The Kier molecular flexibility index (Phi) is 6.89. The Morgan fingerprint density at radius 2 is 1.96 bits per heavy atom. The van der Waals surface area contributed by atoms with Gasteiger partial charge in [-0.05, 0) is 41.3 Å². The predicted octanol–water partition coefficient (Wildman–Crippen LogP) is 4.51. The van der Waals surface area contributed by atoms with Crippen LogP contribution < -0.4 is 0 Å². The van der Waals surface area contributed by atoms with Crippen LogP contribution in [-0.2, 0) is 16.0 Å². The number of hydrogen-bond donors (Lipinski definition) is 0. The van der Waals surface area contributed by atoms with E-state index in [-0.39, 0.29) is 24.4 Å². The molecule has 0 radical (unpaired) electrons. The van der Waals surface area contributed by atoms with Crippen LogP contribution in [0.25, 0.3) is 0 Å². The van der Waals surface area contributed by atoms with Crippen molar-refractivity contribution in [2.24, 2.45) is 5.92 Å². The molecule has 1 unspecified atom stereocenters. The summed E-state index contributed by atoms with van der Waals surface area (Å²) in [5.74, 6) is 0.452. The molecule has 1 aromatic carbocycles. The van der Waals surface area contributed by atoms with Gasteiger partial charge in [0.15, 0.2) is 0 Å². The van der Waals surface area contributed by atoms with Crippen molar-refractivity contribution in [1.29, 1.82) is 0 Å². The molecule has 150 valence electrons. The maximum absolute atomic E-state index is 13.3. The van der Waals surface area contributed by atoms with Crippen molar-refractivity contribution in [3.63, 3.8) is 0 Å². The van der Waals surface area contributed by atoms with Gasteiger partial charge in [-0.2, -0.15) is 0 Å². The first kappa shape index (κ1) is 20.6. The van der Waals surface area contributed by atoms with E-state index in [0.717, 1.165) is 18.4 Å². The molecule has 1 aromatic heterocycles. The van der Waals surface area contributed by atoms with Crippen molar-refractivity contribution in [1.82, 2.24) is 9.80 Å². The molecular weight excluding hydrogens is 368 g/mol. The molecule has 2 amide bonds. The van der Waals surface area contributed by atoms with E-state index < -0.39 is 0 Å². The van der Waals surface area contributed by atoms with Crippen LogP contribution >= 0.6 is 11.3 Å². The Labute approximate surface area is 172 Å². The second kappa shape index (κ2) is 9.37. The number of hydrogen-bond acceptors (Lipinski definition) is 3. The van der Waals surface area contributed by atoms with Gasteiger partial charge in [0, 0.05) is 24.4 Å². The molecule has 3 rings (SSSR count). The van der Waals surface area contributed by atoms with Crippen molar-refractivity contribution < 1.29 is 9.59 Å². The molecule has 5 heteroatoms. The molecule has 2 heterocycles. The fourth-order valence-corrected chi connectivity index (χ4v) is 4.81. The van der Waals surface area contributed by atoms with E-state index in [1.54, 1.807) is 16.2 Å². The summed E-state index contributed by atoms with van der Waals surface area (Å²) in [6, 6.07) is 12.3. The lowest BCUT2D eigenvalue weighted by atomic mass is 9.93. The van der Waals surface area contributed by atoms with Gasteiger partial charge < -0.3 is 9.80 Å². The zero-order chi connectivity index (χ0) is 20.1. The predicted molar refractivity (Wildman–Crippen MR) is 114 cm³/mol. The third kappa shape index (κ3) is 4.64. The maximum Gasteiger partial charge on any atom is 0.242 e. The first-order valence-electron chi connectivity index (χ1n) is 10.2. The van der Waals surface area contributed by atoms with Gasteiger partial charge in [-0.3, -0.25) is 9.59 Å². The van der Waals surface area contributed by atoms with Crippen molar-refractivity contribution in [3.05, 3.63) is 57.8 Å². The Hall–Kier alpha value is -2.14. The van der Waals surface area contributed by atoms with Crippen LogP contribution in [0, 0.1) is 5.92 Å². The van der Waals surface area contributed by atoms with E-state index >= 15 is 0 Å². The average molecular weight is 399 g/mol. The van der Waals surface area contributed by atoms with Gasteiger partial charge in [0.1, 0.15) is 0 Å². The van der Waals surface area contributed by atoms with Crippen LogP contribution in [0.5, 0.6) is 0 Å². The minimum Gasteiger partial charge on any atom is -0.333 e. The lowest BCUT2D eigenvalue weighted by Gasteiger charge is -2.38. The second-order valence-electron chi connectivity index (χ2n) is 7.87. The highest BCUT2D eigenvalue weighted by molar-refractivity contribution is 7.10. The first-order valence-corrected chi connectivity index (χ1v) is 11.1. The number of carbonyl (C=O) groups excluding carboxylic acids is 2. The molecule has 1 aliphatic rings. The molecule has 0 saturated carbocycles. The number of nitrogens with zero attached hydrogens (tertiary/aromatic N) is 2. The van der Waals surface area contributed by atoms with E-state index in [9.17, 15) is 9.59 Å². The average Bonchev–Trinajstić information content (AvgIpc) is 3.16. The fourth-order valence-electron chi connectivity index (χ4n) is 3.90. The quantitative estimate of drug-likeness (QED) is 0.689. The van der Waals surface area contributed by atoms with Crippen LogP contribution in [0.4, 0.5) is 0 Å². The number of thiophene rings is 1. The zero-order valence-corrected chi connectivity index (χ0v) is 17.9. The molecule has 1 aliphatic heterocycles. The standard InChI is InChI=1S/C23H30N2O2S/c1-4-8-21(26)24(15-17(2)3)16-22(27)25-13-11-20-19(12-14-28-20)23(25)18-9-6-5-7-10-18/h5-7,9-10,12,14,17,23H,4,8,11,13,15-16H2,1-3H3. The normalized spacial score (nSPS) is 16.1. The topological polar surface area (TPSA) is 40.6 Å². The van der Waals surface area contributed by atoms with E-state index in [2.05, 4.69) is 37.4 Å². The van der Waals surface area contributed by atoms with Crippen LogP contribution in [0.3, 0.4) is 0 Å². The molecule has 1 atom stereocenters. The maximum atomic E-state index is 13.3. The number of fused-ring (bicyclic) bond motifs is 1. The van der Waals surface area contributed by atoms with Gasteiger partial charge >= 0.3 is 0 Å². The highest BCUT2D eigenvalue weighted by Gasteiger charge is 2.33. The van der Waals surface area contributed by atoms with Gasteiger partial charge in [0.25, 0.3) is 0 Å². The molecule has 0 N–H and O–H groups in total. The van der Waals surface area contributed by atoms with E-state index in [4.69, 9.17) is 0 Å². The minimum absolute atomic E-state index is 0.0378. The van der Waals surface area contributed by atoms with Crippen molar-refractivity contribution >= 4 is 23.2 Å². The van der Waals surface area contributed by atoms with Gasteiger partial charge in [0.05, 0.1) is 12.6 Å². The van der Waals surface area contributed by atoms with Crippen molar-refractivity contribution in [2.75, 3.05) is 19.6 Å². The molecule has 0 saturated heterocycles. The van der Waals surface area contributed by atoms with E-state index in [0.29, 0.717) is 25.4 Å². The van der Waals surface area contributed by atoms with Gasteiger partial charge in [-0.15, -0.1) is 11.3 Å². The summed E-state index contributed by atoms with van der Waals surface area (Å²) in [5, 5.41) is 2.12. The van der Waals surface area contributed by atoms with Crippen LogP contribution in [-0.4, -0.2) is 41.2 Å². The third-order valence-corrected chi connectivity index (χ3v) is 6.13. The summed E-state index contributed by atoms with van der Waals surface area (Å²) in [7, 11) is 0. The highest BCUT2D eigenvalue weighted by Crippen LogP contribution is 2.37. The number of amides is 2. The molecule has 0 bridgehead atoms. The summed E-state index contributed by atoms with van der Waals surface area (Å²) in [5.41, 5.74) is 2.36. The highest BCUT2D eigenvalue weighted by atomic mass is 32.1. The largest absolute Gasteiger partial charge is 0.333 e. The lowest BCUT2D eigenvalue weighted by Crippen LogP contribution is -2.47. The second-order valence-corrected chi connectivity index (χ2v) is 8.87. The van der Waals surface area contributed by atoms with Crippen LogP contribution in [0.15, 0.2) is 41.8 Å². The minimum atomic E-state index is -0.0640.